The Hall–Kier alpha value is -3.34. The van der Waals surface area contributed by atoms with Crippen molar-refractivity contribution in [2.75, 3.05) is 12.8 Å². The molecule has 5 nitrogen and oxygen atoms in total. The van der Waals surface area contributed by atoms with Gasteiger partial charge in [-0.25, -0.2) is 0 Å². The van der Waals surface area contributed by atoms with Crippen LogP contribution >= 0.6 is 0 Å². The molecule has 0 aromatic heterocycles. The van der Waals surface area contributed by atoms with E-state index in [0.717, 1.165) is 29.2 Å². The molecular formula is C22H21N3O2. The number of methoxy groups -OCH3 is 1. The highest BCUT2D eigenvalue weighted by Crippen LogP contribution is 2.32. The summed E-state index contributed by atoms with van der Waals surface area (Å²) >= 11 is 0. The van der Waals surface area contributed by atoms with Gasteiger partial charge in [-0.05, 0) is 41.8 Å². The first kappa shape index (κ1) is 17.1. The highest BCUT2D eigenvalue weighted by molar-refractivity contribution is 6.18. The molecule has 0 radical (unpaired) electrons. The number of carbonyl (C=O) groups is 1. The molecule has 0 saturated heterocycles. The van der Waals surface area contributed by atoms with E-state index in [4.69, 9.17) is 15.9 Å². The zero-order valence-electron chi connectivity index (χ0n) is 15.1. The number of fused-ring (bicyclic) bond motifs is 1. The molecule has 136 valence electrons. The van der Waals surface area contributed by atoms with Crippen molar-refractivity contribution < 1.29 is 9.53 Å². The normalized spacial score (nSPS) is 13.4. The maximum absolute atomic E-state index is 12.6. The Kier molecular flexibility index (Phi) is 4.28. The molecule has 0 unspecified atom stereocenters. The van der Waals surface area contributed by atoms with Crippen LogP contribution in [0.15, 0.2) is 54.6 Å². The Balaban J connectivity index is 1.78. The second kappa shape index (κ2) is 6.76. The van der Waals surface area contributed by atoms with Crippen LogP contribution in [0.3, 0.4) is 0 Å². The molecule has 3 aromatic carbocycles. The number of carbonyl (C=O) groups excluding carboxylic acids is 1. The van der Waals surface area contributed by atoms with E-state index < -0.39 is 0 Å². The lowest BCUT2D eigenvalue weighted by molar-refractivity contribution is 0.0948. The SMILES string of the molecule is COc1c(C(=O)NC2CC2)ccc(N)c1C(=N)c1ccc2ccccc2c1. The van der Waals surface area contributed by atoms with Gasteiger partial charge in [-0.1, -0.05) is 36.4 Å². The maximum Gasteiger partial charge on any atom is 0.255 e. The lowest BCUT2D eigenvalue weighted by atomic mass is 9.95. The fourth-order valence-corrected chi connectivity index (χ4v) is 3.23. The van der Waals surface area contributed by atoms with Gasteiger partial charge in [0, 0.05) is 17.3 Å². The van der Waals surface area contributed by atoms with Gasteiger partial charge in [-0.15, -0.1) is 0 Å². The molecule has 27 heavy (non-hydrogen) atoms. The number of nitrogen functional groups attached to an aromatic ring is 1. The molecule has 1 saturated carbocycles. The minimum atomic E-state index is -0.193. The fourth-order valence-electron chi connectivity index (χ4n) is 3.23. The van der Waals surface area contributed by atoms with E-state index >= 15 is 0 Å². The number of anilines is 1. The summed E-state index contributed by atoms with van der Waals surface area (Å²) in [5.41, 5.74) is 8.38. The molecule has 0 atom stereocenters. The molecule has 4 rings (SSSR count). The summed E-state index contributed by atoms with van der Waals surface area (Å²) in [5.74, 6) is 0.147. The smallest absolute Gasteiger partial charge is 0.255 e. The highest BCUT2D eigenvalue weighted by Gasteiger charge is 2.27. The lowest BCUT2D eigenvalue weighted by Gasteiger charge is -2.17. The Morgan fingerprint density at radius 1 is 1.11 bits per heavy atom. The molecule has 1 aliphatic rings. The predicted molar refractivity (Wildman–Crippen MR) is 108 cm³/mol. The van der Waals surface area contributed by atoms with Crippen molar-refractivity contribution in [2.45, 2.75) is 18.9 Å². The molecule has 3 aromatic rings. The molecule has 4 N–H and O–H groups in total. The molecule has 5 heteroatoms. The van der Waals surface area contributed by atoms with Crippen LogP contribution in [0.25, 0.3) is 10.8 Å². The molecule has 1 amide bonds. The van der Waals surface area contributed by atoms with Crippen LogP contribution in [-0.2, 0) is 0 Å². The molecule has 1 aliphatic carbocycles. The van der Waals surface area contributed by atoms with Crippen molar-refractivity contribution in [1.29, 1.82) is 5.41 Å². The van der Waals surface area contributed by atoms with Crippen LogP contribution in [0.2, 0.25) is 0 Å². The summed E-state index contributed by atoms with van der Waals surface area (Å²) in [7, 11) is 1.50. The average Bonchev–Trinajstić information content (AvgIpc) is 3.50. The van der Waals surface area contributed by atoms with E-state index in [1.165, 1.54) is 7.11 Å². The van der Waals surface area contributed by atoms with E-state index in [9.17, 15) is 4.79 Å². The summed E-state index contributed by atoms with van der Waals surface area (Å²) < 4.78 is 5.53. The van der Waals surface area contributed by atoms with Gasteiger partial charge < -0.3 is 15.8 Å². The number of benzene rings is 3. The van der Waals surface area contributed by atoms with Crippen LogP contribution < -0.4 is 15.8 Å². The van der Waals surface area contributed by atoms with Crippen LogP contribution in [-0.4, -0.2) is 24.8 Å². The molecule has 0 bridgehead atoms. The molecule has 0 heterocycles. The van der Waals surface area contributed by atoms with Gasteiger partial charge in [-0.3, -0.25) is 10.2 Å². The van der Waals surface area contributed by atoms with Gasteiger partial charge in [-0.2, -0.15) is 0 Å². The third kappa shape index (κ3) is 3.24. The van der Waals surface area contributed by atoms with Crippen molar-refractivity contribution in [3.63, 3.8) is 0 Å². The summed E-state index contributed by atoms with van der Waals surface area (Å²) in [4.78, 5) is 12.6. The van der Waals surface area contributed by atoms with E-state index in [-0.39, 0.29) is 17.7 Å². The van der Waals surface area contributed by atoms with Gasteiger partial charge in [0.05, 0.1) is 23.9 Å². The summed E-state index contributed by atoms with van der Waals surface area (Å²) in [5, 5.41) is 13.8. The lowest BCUT2D eigenvalue weighted by Crippen LogP contribution is -2.26. The van der Waals surface area contributed by atoms with Crippen molar-refractivity contribution in [3.8, 4) is 5.75 Å². The number of nitrogens with one attached hydrogen (secondary N) is 2. The number of ether oxygens (including phenoxy) is 1. The monoisotopic (exact) mass is 359 g/mol. The standard InChI is InChI=1S/C22H21N3O2/c1-27-21-17(22(26)25-16-8-9-16)10-11-18(23)19(21)20(24)15-7-6-13-4-2-3-5-14(13)12-15/h2-7,10-12,16,24H,8-9,23H2,1H3,(H,25,26). The molecule has 0 spiro atoms. The number of hydrogen-bond donors (Lipinski definition) is 3. The third-order valence-electron chi connectivity index (χ3n) is 4.84. The fraction of sp³-hybridized carbons (Fsp3) is 0.182. The highest BCUT2D eigenvalue weighted by atomic mass is 16.5. The van der Waals surface area contributed by atoms with Gasteiger partial charge in [0.2, 0.25) is 0 Å². The summed E-state index contributed by atoms with van der Waals surface area (Å²) in [6.07, 6.45) is 2.01. The Labute approximate surface area is 157 Å². The van der Waals surface area contributed by atoms with Crippen molar-refractivity contribution >= 4 is 28.1 Å². The average molecular weight is 359 g/mol. The Morgan fingerprint density at radius 2 is 1.85 bits per heavy atom. The topological polar surface area (TPSA) is 88.2 Å². The zero-order valence-corrected chi connectivity index (χ0v) is 15.1. The Bertz CT molecular complexity index is 1050. The number of nitrogens with two attached hydrogens (primary N) is 1. The van der Waals surface area contributed by atoms with E-state index in [1.54, 1.807) is 12.1 Å². The number of amides is 1. The second-order valence-electron chi connectivity index (χ2n) is 6.80. The first-order valence-corrected chi connectivity index (χ1v) is 8.94. The maximum atomic E-state index is 12.6. The summed E-state index contributed by atoms with van der Waals surface area (Å²) in [6, 6.07) is 17.4. The summed E-state index contributed by atoms with van der Waals surface area (Å²) in [6.45, 7) is 0. The molecule has 0 aliphatic heterocycles. The predicted octanol–water partition coefficient (Wildman–Crippen LogP) is 3.74. The third-order valence-corrected chi connectivity index (χ3v) is 4.84. The van der Waals surface area contributed by atoms with E-state index in [0.29, 0.717) is 22.6 Å². The first-order chi connectivity index (χ1) is 13.1. The van der Waals surface area contributed by atoms with E-state index in [1.807, 2.05) is 42.5 Å². The van der Waals surface area contributed by atoms with Gasteiger partial charge >= 0.3 is 0 Å². The number of rotatable bonds is 5. The van der Waals surface area contributed by atoms with Crippen LogP contribution in [0, 0.1) is 5.41 Å². The Morgan fingerprint density at radius 3 is 2.56 bits per heavy atom. The van der Waals surface area contributed by atoms with Gasteiger partial charge in [0.15, 0.2) is 0 Å². The second-order valence-corrected chi connectivity index (χ2v) is 6.80. The minimum Gasteiger partial charge on any atom is -0.495 e. The van der Waals surface area contributed by atoms with Crippen LogP contribution in [0.4, 0.5) is 5.69 Å². The van der Waals surface area contributed by atoms with Crippen molar-refractivity contribution in [3.05, 3.63) is 71.3 Å². The quantitative estimate of drug-likeness (QED) is 0.479. The number of hydrogen-bond acceptors (Lipinski definition) is 4. The van der Waals surface area contributed by atoms with Crippen LogP contribution in [0.1, 0.15) is 34.3 Å². The zero-order chi connectivity index (χ0) is 19.0. The molecule has 1 fully saturated rings. The van der Waals surface area contributed by atoms with Crippen molar-refractivity contribution in [1.82, 2.24) is 5.32 Å². The molecular weight excluding hydrogens is 338 g/mol. The largest absolute Gasteiger partial charge is 0.495 e. The van der Waals surface area contributed by atoms with E-state index in [2.05, 4.69) is 5.32 Å². The van der Waals surface area contributed by atoms with Crippen molar-refractivity contribution in [2.24, 2.45) is 0 Å². The van der Waals surface area contributed by atoms with Crippen LogP contribution in [0.5, 0.6) is 5.75 Å². The minimum absolute atomic E-state index is 0.193. The van der Waals surface area contributed by atoms with Gasteiger partial charge in [0.25, 0.3) is 5.91 Å². The first-order valence-electron chi connectivity index (χ1n) is 8.94. The van der Waals surface area contributed by atoms with Gasteiger partial charge in [0.1, 0.15) is 5.75 Å².